The zero-order valence-electron chi connectivity index (χ0n) is 21.4. The zero-order chi connectivity index (χ0) is 26.4. The van der Waals surface area contributed by atoms with E-state index >= 15 is 0 Å². The summed E-state index contributed by atoms with van der Waals surface area (Å²) in [5.41, 5.74) is 2.52. The average Bonchev–Trinajstić information content (AvgIpc) is 3.19. The Morgan fingerprint density at radius 3 is 2.57 bits per heavy atom. The molecule has 4 rings (SSSR count). The van der Waals surface area contributed by atoms with E-state index in [1.54, 1.807) is 31.2 Å². The Bertz CT molecular complexity index is 1270. The normalized spacial score (nSPS) is 14.5. The molecule has 1 saturated carbocycles. The van der Waals surface area contributed by atoms with E-state index in [2.05, 4.69) is 22.5 Å². The number of hydrogen-bond acceptors (Lipinski definition) is 5. The summed E-state index contributed by atoms with van der Waals surface area (Å²) >= 11 is 1.58. The summed E-state index contributed by atoms with van der Waals surface area (Å²) in [6.07, 6.45) is 1.39. The van der Waals surface area contributed by atoms with Crippen LogP contribution in [0.25, 0.3) is 10.9 Å². The van der Waals surface area contributed by atoms with Gasteiger partial charge in [0.15, 0.2) is 0 Å². The van der Waals surface area contributed by atoms with Gasteiger partial charge in [-0.3, -0.25) is 4.31 Å². The molecule has 0 radical (unpaired) electrons. The van der Waals surface area contributed by atoms with Crippen molar-refractivity contribution in [1.29, 1.82) is 0 Å². The topological polar surface area (TPSA) is 41.5 Å². The fourth-order valence-electron chi connectivity index (χ4n) is 4.69. The third-order valence-electron chi connectivity index (χ3n) is 6.29. The van der Waals surface area contributed by atoms with Gasteiger partial charge in [-0.2, -0.15) is 13.2 Å². The van der Waals surface area contributed by atoms with Crippen molar-refractivity contribution in [3.63, 3.8) is 0 Å². The van der Waals surface area contributed by atoms with Gasteiger partial charge in [0.2, 0.25) is 0 Å². The number of halogens is 3. The molecular formula is C28H33F3N4OS. The van der Waals surface area contributed by atoms with E-state index in [-0.39, 0.29) is 6.54 Å². The molecular weight excluding hydrogens is 497 g/mol. The first-order valence-electron chi connectivity index (χ1n) is 12.4. The van der Waals surface area contributed by atoms with Gasteiger partial charge < -0.3 is 19.9 Å². The van der Waals surface area contributed by atoms with E-state index in [9.17, 15) is 13.2 Å². The van der Waals surface area contributed by atoms with Crippen molar-refractivity contribution in [3.05, 3.63) is 48.2 Å². The lowest BCUT2D eigenvalue weighted by Gasteiger charge is -2.24. The maximum atomic E-state index is 13.5. The van der Waals surface area contributed by atoms with Crippen molar-refractivity contribution in [2.75, 3.05) is 38.4 Å². The van der Waals surface area contributed by atoms with Crippen LogP contribution in [0.2, 0.25) is 0 Å². The molecule has 0 bridgehead atoms. The molecule has 1 aromatic heterocycles. The summed E-state index contributed by atoms with van der Waals surface area (Å²) in [6, 6.07) is 13.4. The lowest BCUT2D eigenvalue weighted by atomic mass is 9.95. The lowest BCUT2D eigenvalue weighted by Crippen LogP contribution is -2.22. The largest absolute Gasteiger partial charge is 0.495 e. The molecule has 1 fully saturated rings. The van der Waals surface area contributed by atoms with Crippen LogP contribution in [-0.4, -0.2) is 48.8 Å². The van der Waals surface area contributed by atoms with Gasteiger partial charge in [0.05, 0.1) is 30.6 Å². The van der Waals surface area contributed by atoms with Crippen LogP contribution < -0.4 is 15.4 Å². The molecule has 198 valence electrons. The molecule has 0 spiro atoms. The molecule has 1 aliphatic carbocycles. The van der Waals surface area contributed by atoms with Crippen molar-refractivity contribution >= 4 is 34.2 Å². The number of hydrogen-bond donors (Lipinski definition) is 2. The molecule has 2 N–H and O–H groups in total. The highest BCUT2D eigenvalue weighted by Crippen LogP contribution is 2.33. The Morgan fingerprint density at radius 1 is 1.08 bits per heavy atom. The van der Waals surface area contributed by atoms with Gasteiger partial charge in [-0.1, -0.05) is 31.2 Å². The fourth-order valence-corrected chi connectivity index (χ4v) is 5.40. The molecule has 0 amide bonds. The van der Waals surface area contributed by atoms with Crippen LogP contribution in [0.4, 0.5) is 24.5 Å². The van der Waals surface area contributed by atoms with Crippen LogP contribution in [-0.2, 0) is 6.54 Å². The second kappa shape index (κ2) is 12.1. The Kier molecular flexibility index (Phi) is 8.83. The Labute approximate surface area is 220 Å². The van der Waals surface area contributed by atoms with E-state index in [0.717, 1.165) is 34.5 Å². The average molecular weight is 531 g/mol. The molecule has 0 saturated heterocycles. The van der Waals surface area contributed by atoms with Gasteiger partial charge in [-0.25, -0.2) is 0 Å². The maximum Gasteiger partial charge on any atom is 0.406 e. The number of alkyl halides is 3. The van der Waals surface area contributed by atoms with Gasteiger partial charge >= 0.3 is 6.18 Å². The summed E-state index contributed by atoms with van der Waals surface area (Å²) in [6.45, 7) is -0.823. The molecule has 2 aromatic carbocycles. The number of aromatic nitrogens is 1. The highest BCUT2D eigenvalue weighted by Gasteiger charge is 2.30. The monoisotopic (exact) mass is 530 g/mol. The number of rotatable bonds is 8. The van der Waals surface area contributed by atoms with E-state index in [4.69, 9.17) is 4.74 Å². The Morgan fingerprint density at radius 2 is 1.86 bits per heavy atom. The van der Waals surface area contributed by atoms with Crippen molar-refractivity contribution in [2.45, 2.75) is 55.8 Å². The number of anilines is 2. The van der Waals surface area contributed by atoms with Crippen LogP contribution in [0, 0.1) is 11.8 Å². The number of nitrogens with zero attached hydrogens (tertiary/aromatic N) is 2. The van der Waals surface area contributed by atoms with Crippen LogP contribution in [0.1, 0.15) is 37.8 Å². The molecule has 0 aliphatic heterocycles. The van der Waals surface area contributed by atoms with Crippen LogP contribution in [0.15, 0.2) is 47.4 Å². The van der Waals surface area contributed by atoms with Gasteiger partial charge in [0.25, 0.3) is 0 Å². The standard InChI is InChI=1S/C28H33F3N4OS/c1-34(2)37-22-14-15-25(27(18-22)36-3)32-16-8-11-21-17-23-24(33-20-9-5-4-6-10-20)12-7-13-26(23)35(21)19-28(29,30)31/h7,12-15,17-18,20,32-33H,4-6,9-10,16,19H2,1-3H3. The second-order valence-corrected chi connectivity index (χ2v) is 10.8. The number of nitrogens with one attached hydrogen (secondary N) is 2. The summed E-state index contributed by atoms with van der Waals surface area (Å²) < 4.78 is 49.2. The van der Waals surface area contributed by atoms with Crippen LogP contribution in [0.5, 0.6) is 5.75 Å². The summed E-state index contributed by atoms with van der Waals surface area (Å²) in [5, 5.41) is 7.56. The number of ether oxygens (including phenoxy) is 1. The predicted molar refractivity (Wildman–Crippen MR) is 146 cm³/mol. The SMILES string of the molecule is COc1cc(SN(C)C)ccc1NCC#Cc1cc2c(NC3CCCCC3)cccc2n1CC(F)(F)F. The third-order valence-corrected chi connectivity index (χ3v) is 7.12. The van der Waals surface area contributed by atoms with Gasteiger partial charge in [-0.05, 0) is 81.2 Å². The van der Waals surface area contributed by atoms with Crippen LogP contribution >= 0.6 is 11.9 Å². The van der Waals surface area contributed by atoms with E-state index in [0.29, 0.717) is 23.0 Å². The Hall–Kier alpha value is -2.96. The van der Waals surface area contributed by atoms with Gasteiger partial charge in [0, 0.05) is 22.0 Å². The quantitative estimate of drug-likeness (QED) is 0.243. The first-order chi connectivity index (χ1) is 17.7. The minimum Gasteiger partial charge on any atom is -0.495 e. The number of fused-ring (bicyclic) bond motifs is 1. The predicted octanol–water partition coefficient (Wildman–Crippen LogP) is 6.99. The van der Waals surface area contributed by atoms with Crippen molar-refractivity contribution in [3.8, 4) is 17.6 Å². The Balaban J connectivity index is 1.57. The van der Waals surface area contributed by atoms with Crippen molar-refractivity contribution < 1.29 is 17.9 Å². The van der Waals surface area contributed by atoms with E-state index < -0.39 is 12.7 Å². The first kappa shape index (κ1) is 27.1. The molecule has 1 aliphatic rings. The molecule has 37 heavy (non-hydrogen) atoms. The first-order valence-corrected chi connectivity index (χ1v) is 13.2. The molecule has 5 nitrogen and oxygen atoms in total. The molecule has 9 heteroatoms. The molecule has 3 aromatic rings. The van der Waals surface area contributed by atoms with Gasteiger partial charge in [0.1, 0.15) is 12.3 Å². The molecule has 0 unspecified atom stereocenters. The summed E-state index contributed by atoms with van der Waals surface area (Å²) in [7, 11) is 5.53. The van der Waals surface area contributed by atoms with Gasteiger partial charge in [-0.15, -0.1) is 0 Å². The second-order valence-electron chi connectivity index (χ2n) is 9.37. The minimum atomic E-state index is -4.35. The maximum absolute atomic E-state index is 13.5. The fraction of sp³-hybridized carbons (Fsp3) is 0.429. The smallest absolute Gasteiger partial charge is 0.406 e. The van der Waals surface area contributed by atoms with Crippen molar-refractivity contribution in [2.24, 2.45) is 0 Å². The molecule has 1 heterocycles. The van der Waals surface area contributed by atoms with Crippen molar-refractivity contribution in [1.82, 2.24) is 8.87 Å². The molecule has 0 atom stereocenters. The van der Waals surface area contributed by atoms with E-state index in [1.165, 1.54) is 23.8 Å². The lowest BCUT2D eigenvalue weighted by molar-refractivity contribution is -0.140. The summed E-state index contributed by atoms with van der Waals surface area (Å²) in [5.74, 6) is 6.65. The zero-order valence-corrected chi connectivity index (χ0v) is 22.2. The highest BCUT2D eigenvalue weighted by molar-refractivity contribution is 7.97. The number of methoxy groups -OCH3 is 1. The highest BCUT2D eigenvalue weighted by atomic mass is 32.2. The minimum absolute atomic E-state index is 0.261. The summed E-state index contributed by atoms with van der Waals surface area (Å²) in [4.78, 5) is 1.03. The third kappa shape index (κ3) is 7.30. The van der Waals surface area contributed by atoms with E-state index in [1.807, 2.05) is 48.7 Å². The van der Waals surface area contributed by atoms with Crippen LogP contribution in [0.3, 0.4) is 0 Å². The number of benzene rings is 2.